The molecule has 1 aliphatic carbocycles. The van der Waals surface area contributed by atoms with E-state index in [-0.39, 0.29) is 6.61 Å². The third-order valence-corrected chi connectivity index (χ3v) is 7.31. The fraction of sp³-hybridized carbons (Fsp3) is 0.538. The van der Waals surface area contributed by atoms with Crippen LogP contribution in [-0.4, -0.2) is 66.2 Å². The van der Waals surface area contributed by atoms with E-state index in [1.807, 2.05) is 37.3 Å². The SMILES string of the molecule is CCOc1ccc(Cc2cc3c(cc2Cl)OCC2CC2COC[C@H]2O[C@@H]3[C@H](O)[C@@H](O)[C@@H]2O)cc1. The summed E-state index contributed by atoms with van der Waals surface area (Å²) in [5.74, 6) is 2.14. The number of ether oxygens (including phenoxy) is 4. The molecular formula is C26H31ClO7. The maximum absolute atomic E-state index is 10.8. The largest absolute Gasteiger partial charge is 0.494 e. The van der Waals surface area contributed by atoms with Crippen molar-refractivity contribution in [1.29, 1.82) is 0 Å². The van der Waals surface area contributed by atoms with E-state index < -0.39 is 30.5 Å². The second-order valence-corrected chi connectivity index (χ2v) is 9.81. The van der Waals surface area contributed by atoms with Gasteiger partial charge in [0.1, 0.15) is 42.0 Å². The molecule has 184 valence electrons. The van der Waals surface area contributed by atoms with Gasteiger partial charge in [-0.25, -0.2) is 0 Å². The summed E-state index contributed by atoms with van der Waals surface area (Å²) in [6.45, 7) is 3.77. The number of hydrogen-bond donors (Lipinski definition) is 3. The number of benzene rings is 2. The first-order chi connectivity index (χ1) is 16.4. The highest BCUT2D eigenvalue weighted by Crippen LogP contribution is 2.43. The van der Waals surface area contributed by atoms with Gasteiger partial charge in [-0.3, -0.25) is 0 Å². The van der Waals surface area contributed by atoms with Crippen LogP contribution in [0.1, 0.15) is 36.1 Å². The van der Waals surface area contributed by atoms with E-state index in [1.165, 1.54) is 0 Å². The molecule has 34 heavy (non-hydrogen) atoms. The van der Waals surface area contributed by atoms with Crippen LogP contribution in [-0.2, 0) is 15.9 Å². The molecule has 8 heteroatoms. The van der Waals surface area contributed by atoms with Gasteiger partial charge in [-0.2, -0.15) is 0 Å². The topological polar surface area (TPSA) is 97.6 Å². The van der Waals surface area contributed by atoms with Gasteiger partial charge in [-0.15, -0.1) is 0 Å². The minimum absolute atomic E-state index is 0.146. The van der Waals surface area contributed by atoms with Crippen LogP contribution in [0.5, 0.6) is 11.5 Å². The van der Waals surface area contributed by atoms with Crippen LogP contribution >= 0.6 is 11.6 Å². The second-order valence-electron chi connectivity index (χ2n) is 9.41. The molecule has 0 radical (unpaired) electrons. The maximum Gasteiger partial charge on any atom is 0.126 e. The summed E-state index contributed by atoms with van der Waals surface area (Å²) in [6, 6.07) is 11.5. The summed E-state index contributed by atoms with van der Waals surface area (Å²) in [7, 11) is 0. The van der Waals surface area contributed by atoms with Crippen molar-refractivity contribution in [1.82, 2.24) is 0 Å². The molecule has 3 aliphatic rings. The van der Waals surface area contributed by atoms with Gasteiger partial charge < -0.3 is 34.3 Å². The Labute approximate surface area is 204 Å². The van der Waals surface area contributed by atoms with Crippen molar-refractivity contribution < 1.29 is 34.3 Å². The van der Waals surface area contributed by atoms with Gasteiger partial charge in [0.2, 0.25) is 0 Å². The van der Waals surface area contributed by atoms with Crippen molar-refractivity contribution in [2.75, 3.05) is 26.4 Å². The number of rotatable bonds is 4. The minimum Gasteiger partial charge on any atom is -0.494 e. The average molecular weight is 491 g/mol. The van der Waals surface area contributed by atoms with Crippen molar-refractivity contribution in [2.45, 2.75) is 50.3 Å². The Morgan fingerprint density at radius 3 is 2.50 bits per heavy atom. The number of aliphatic hydroxyl groups excluding tert-OH is 3. The smallest absolute Gasteiger partial charge is 0.126 e. The fourth-order valence-electron chi connectivity index (χ4n) is 4.79. The molecule has 1 saturated carbocycles. The van der Waals surface area contributed by atoms with Gasteiger partial charge in [-0.05, 0) is 67.0 Å². The first kappa shape index (κ1) is 23.9. The van der Waals surface area contributed by atoms with Crippen LogP contribution in [0.4, 0.5) is 0 Å². The van der Waals surface area contributed by atoms with E-state index >= 15 is 0 Å². The normalized spacial score (nSPS) is 32.9. The molecule has 0 amide bonds. The third kappa shape index (κ3) is 4.91. The summed E-state index contributed by atoms with van der Waals surface area (Å²) >= 11 is 6.67. The van der Waals surface area contributed by atoms with Gasteiger partial charge in [0.15, 0.2) is 0 Å². The third-order valence-electron chi connectivity index (χ3n) is 6.96. The van der Waals surface area contributed by atoms with Crippen LogP contribution in [0.3, 0.4) is 0 Å². The predicted molar refractivity (Wildman–Crippen MR) is 125 cm³/mol. The Morgan fingerprint density at radius 2 is 1.74 bits per heavy atom. The predicted octanol–water partition coefficient (Wildman–Crippen LogP) is 2.90. The van der Waals surface area contributed by atoms with Crippen LogP contribution in [0.15, 0.2) is 36.4 Å². The summed E-state index contributed by atoms with van der Waals surface area (Å²) < 4.78 is 23.5. The lowest BCUT2D eigenvalue weighted by Crippen LogP contribution is -2.55. The van der Waals surface area contributed by atoms with E-state index in [0.717, 1.165) is 23.3 Å². The van der Waals surface area contributed by atoms with E-state index in [0.29, 0.717) is 54.4 Å². The lowest BCUT2D eigenvalue weighted by atomic mass is 9.89. The molecule has 2 heterocycles. The maximum atomic E-state index is 10.8. The minimum atomic E-state index is -1.37. The first-order valence-corrected chi connectivity index (χ1v) is 12.3. The zero-order chi connectivity index (χ0) is 23.8. The Morgan fingerprint density at radius 1 is 0.971 bits per heavy atom. The Bertz CT molecular complexity index is 997. The zero-order valence-corrected chi connectivity index (χ0v) is 19.9. The number of halogens is 1. The second kappa shape index (κ2) is 10.0. The van der Waals surface area contributed by atoms with Crippen molar-refractivity contribution in [3.8, 4) is 11.5 Å². The van der Waals surface area contributed by atoms with E-state index in [9.17, 15) is 15.3 Å². The molecule has 2 fully saturated rings. The first-order valence-electron chi connectivity index (χ1n) is 11.9. The van der Waals surface area contributed by atoms with Crippen molar-refractivity contribution in [3.05, 3.63) is 58.1 Å². The highest BCUT2D eigenvalue weighted by molar-refractivity contribution is 6.31. The highest BCUT2D eigenvalue weighted by Gasteiger charge is 2.46. The van der Waals surface area contributed by atoms with E-state index in [2.05, 4.69) is 0 Å². The van der Waals surface area contributed by atoms with Gasteiger partial charge in [0, 0.05) is 17.2 Å². The van der Waals surface area contributed by atoms with Gasteiger partial charge in [0.05, 0.1) is 19.8 Å². The molecule has 5 rings (SSSR count). The molecule has 7 nitrogen and oxygen atoms in total. The van der Waals surface area contributed by atoms with Crippen molar-refractivity contribution in [3.63, 3.8) is 0 Å². The van der Waals surface area contributed by atoms with Gasteiger partial charge >= 0.3 is 0 Å². The molecule has 3 N–H and O–H groups in total. The van der Waals surface area contributed by atoms with Crippen molar-refractivity contribution in [2.24, 2.45) is 11.8 Å². The lowest BCUT2D eigenvalue weighted by molar-refractivity contribution is -0.235. The number of aliphatic hydroxyl groups is 3. The van der Waals surface area contributed by atoms with E-state index in [1.54, 1.807) is 6.07 Å². The summed E-state index contributed by atoms with van der Waals surface area (Å²) in [4.78, 5) is 0. The lowest BCUT2D eigenvalue weighted by Gasteiger charge is -2.41. The summed E-state index contributed by atoms with van der Waals surface area (Å²) in [5, 5.41) is 32.4. The van der Waals surface area contributed by atoms with Crippen molar-refractivity contribution >= 4 is 11.6 Å². The molecule has 2 bridgehead atoms. The van der Waals surface area contributed by atoms with Crippen LogP contribution in [0.2, 0.25) is 5.02 Å². The molecule has 2 unspecified atom stereocenters. The molecule has 1 saturated heterocycles. The Kier molecular flexibility index (Phi) is 7.02. The molecule has 0 spiro atoms. The summed E-state index contributed by atoms with van der Waals surface area (Å²) in [5.41, 5.74) is 2.49. The van der Waals surface area contributed by atoms with Crippen LogP contribution in [0, 0.1) is 11.8 Å². The van der Waals surface area contributed by atoms with E-state index in [4.69, 9.17) is 30.5 Å². The average Bonchev–Trinajstić information content (AvgIpc) is 3.58. The number of hydrogen-bond acceptors (Lipinski definition) is 7. The van der Waals surface area contributed by atoms with Crippen LogP contribution in [0.25, 0.3) is 0 Å². The van der Waals surface area contributed by atoms with Gasteiger partial charge in [-0.1, -0.05) is 23.7 Å². The molecule has 2 aromatic rings. The quantitative estimate of drug-likeness (QED) is 0.606. The molecule has 2 aromatic carbocycles. The van der Waals surface area contributed by atoms with Crippen LogP contribution < -0.4 is 9.47 Å². The Hall–Kier alpha value is -1.87. The molecule has 2 aliphatic heterocycles. The highest BCUT2D eigenvalue weighted by atomic mass is 35.5. The zero-order valence-electron chi connectivity index (χ0n) is 19.1. The standard InChI is InChI=1S/C26H31ClO7/c1-2-32-18-5-3-14(4-6-18)7-15-9-19-21(10-20(15)27)33-12-17-8-16(17)11-31-13-22-23(28)24(29)25(30)26(19)34-22/h3-6,9-10,16-17,22-26,28-30H,2,7-8,11-13H2,1H3/t16?,17?,22-,23-,24+,25-,26+/m1/s1. The fourth-order valence-corrected chi connectivity index (χ4v) is 5.01. The number of fused-ring (bicyclic) bond motifs is 5. The Balaban J connectivity index is 1.48. The molecule has 0 aromatic heterocycles. The molecular weight excluding hydrogens is 460 g/mol. The molecule has 7 atom stereocenters. The summed E-state index contributed by atoms with van der Waals surface area (Å²) in [6.07, 6.45) is -4.03. The monoisotopic (exact) mass is 490 g/mol. The van der Waals surface area contributed by atoms with Gasteiger partial charge in [0.25, 0.3) is 0 Å².